The number of rotatable bonds is 4. The van der Waals surface area contributed by atoms with Crippen molar-refractivity contribution in [1.29, 1.82) is 5.41 Å². The molecule has 0 atom stereocenters. The topological polar surface area (TPSA) is 93.0 Å². The van der Waals surface area contributed by atoms with E-state index in [1.54, 1.807) is 0 Å². The monoisotopic (exact) mass is 309 g/mol. The predicted octanol–water partition coefficient (Wildman–Crippen LogP) is 3.31. The van der Waals surface area contributed by atoms with E-state index in [1.807, 2.05) is 0 Å². The van der Waals surface area contributed by atoms with Crippen LogP contribution in [-0.2, 0) is 0 Å². The number of halogens is 2. The molecule has 21 heavy (non-hydrogen) atoms. The maximum atomic E-state index is 13.8. The number of hydrogen-bond donors (Lipinski definition) is 2. The number of amidine groups is 1. The zero-order valence-corrected chi connectivity index (χ0v) is 11.3. The van der Waals surface area contributed by atoms with E-state index in [9.17, 15) is 18.9 Å². The van der Waals surface area contributed by atoms with Crippen molar-refractivity contribution < 1.29 is 13.7 Å². The van der Waals surface area contributed by atoms with E-state index < -0.39 is 22.4 Å². The average molecular weight is 309 g/mol. The van der Waals surface area contributed by atoms with E-state index in [-0.39, 0.29) is 16.1 Å². The first-order chi connectivity index (χ1) is 9.88. The van der Waals surface area contributed by atoms with Gasteiger partial charge >= 0.3 is 0 Å². The minimum absolute atomic E-state index is 0.0435. The third kappa shape index (κ3) is 3.34. The van der Waals surface area contributed by atoms with Crippen LogP contribution in [-0.4, -0.2) is 10.8 Å². The summed E-state index contributed by atoms with van der Waals surface area (Å²) in [4.78, 5) is 10.2. The molecule has 0 aliphatic heterocycles. The van der Waals surface area contributed by atoms with Crippen LogP contribution in [0.2, 0.25) is 0 Å². The molecule has 3 N–H and O–H groups in total. The molecule has 0 radical (unpaired) electrons. The first-order valence-corrected chi connectivity index (χ1v) is 6.46. The van der Waals surface area contributed by atoms with E-state index >= 15 is 0 Å². The molecule has 0 fully saturated rings. The van der Waals surface area contributed by atoms with Crippen LogP contribution in [0.25, 0.3) is 0 Å². The lowest BCUT2D eigenvalue weighted by molar-refractivity contribution is -0.384. The molecule has 0 amide bonds. The van der Waals surface area contributed by atoms with Gasteiger partial charge in [-0.1, -0.05) is 11.8 Å². The van der Waals surface area contributed by atoms with Crippen molar-refractivity contribution in [3.8, 4) is 0 Å². The van der Waals surface area contributed by atoms with Crippen molar-refractivity contribution in [3.05, 3.63) is 63.7 Å². The summed E-state index contributed by atoms with van der Waals surface area (Å²) >= 11 is 0.798. The van der Waals surface area contributed by atoms with E-state index in [1.165, 1.54) is 24.3 Å². The van der Waals surface area contributed by atoms with Gasteiger partial charge in [0.25, 0.3) is 5.69 Å². The summed E-state index contributed by atoms with van der Waals surface area (Å²) < 4.78 is 27.7. The molecule has 2 aromatic carbocycles. The summed E-state index contributed by atoms with van der Waals surface area (Å²) in [6, 6.07) is 7.25. The van der Waals surface area contributed by atoms with E-state index in [4.69, 9.17) is 11.1 Å². The van der Waals surface area contributed by atoms with Crippen LogP contribution in [0.4, 0.5) is 14.5 Å². The fraction of sp³-hybridized carbons (Fsp3) is 0. The molecule has 2 rings (SSSR count). The van der Waals surface area contributed by atoms with Gasteiger partial charge in [-0.3, -0.25) is 15.5 Å². The summed E-state index contributed by atoms with van der Waals surface area (Å²) in [6.45, 7) is 0. The van der Waals surface area contributed by atoms with Crippen LogP contribution in [0.15, 0.2) is 46.2 Å². The number of non-ortho nitro benzene ring substituents is 1. The average Bonchev–Trinajstić information content (AvgIpc) is 2.43. The fourth-order valence-electron chi connectivity index (χ4n) is 1.57. The summed E-state index contributed by atoms with van der Waals surface area (Å²) in [7, 11) is 0. The second-order valence-electron chi connectivity index (χ2n) is 4.04. The minimum Gasteiger partial charge on any atom is -0.384 e. The molecule has 108 valence electrons. The second-order valence-corrected chi connectivity index (χ2v) is 5.12. The maximum absolute atomic E-state index is 13.8. The number of nitrogen functional groups attached to an aromatic ring is 1. The van der Waals surface area contributed by atoms with Crippen LogP contribution < -0.4 is 5.73 Å². The molecule has 0 spiro atoms. The zero-order chi connectivity index (χ0) is 15.6. The van der Waals surface area contributed by atoms with Gasteiger partial charge in [0.15, 0.2) is 0 Å². The standard InChI is InChI=1S/C13H9F2N3O2S/c14-10-5-7(13(16)17)6-11(15)12(10)21-9-3-1-8(2-4-9)18(19)20/h1-6H,(H3,16,17). The Labute approximate surface area is 122 Å². The molecule has 0 saturated heterocycles. The summed E-state index contributed by atoms with van der Waals surface area (Å²) in [5.74, 6) is -2.12. The van der Waals surface area contributed by atoms with Crippen LogP contribution >= 0.6 is 11.8 Å². The Morgan fingerprint density at radius 2 is 1.71 bits per heavy atom. The minimum atomic E-state index is -0.844. The third-order valence-electron chi connectivity index (χ3n) is 2.58. The first-order valence-electron chi connectivity index (χ1n) is 5.64. The lowest BCUT2D eigenvalue weighted by Gasteiger charge is -2.07. The van der Waals surface area contributed by atoms with Crippen LogP contribution in [0.5, 0.6) is 0 Å². The first kappa shape index (κ1) is 14.9. The molecule has 5 nitrogen and oxygen atoms in total. The van der Waals surface area contributed by atoms with Gasteiger partial charge in [-0.15, -0.1) is 0 Å². The van der Waals surface area contributed by atoms with Gasteiger partial charge in [-0.2, -0.15) is 0 Å². The quantitative estimate of drug-likeness (QED) is 0.392. The number of hydrogen-bond acceptors (Lipinski definition) is 4. The Bertz CT molecular complexity index is 697. The molecule has 0 bridgehead atoms. The van der Waals surface area contributed by atoms with Gasteiger partial charge < -0.3 is 5.73 Å². The van der Waals surface area contributed by atoms with Crippen LogP contribution in [0.1, 0.15) is 5.56 Å². The van der Waals surface area contributed by atoms with Crippen molar-refractivity contribution >= 4 is 23.3 Å². The summed E-state index contributed by atoms with van der Waals surface area (Å²) in [6.07, 6.45) is 0. The second kappa shape index (κ2) is 5.88. The molecule has 0 aliphatic rings. The molecule has 0 aliphatic carbocycles. The summed E-state index contributed by atoms with van der Waals surface area (Å²) in [5.41, 5.74) is 5.03. The normalized spacial score (nSPS) is 10.4. The molecule has 8 heteroatoms. The van der Waals surface area contributed by atoms with Crippen molar-refractivity contribution in [3.63, 3.8) is 0 Å². The van der Waals surface area contributed by atoms with Crippen molar-refractivity contribution in [2.75, 3.05) is 0 Å². The maximum Gasteiger partial charge on any atom is 0.269 e. The summed E-state index contributed by atoms with van der Waals surface area (Å²) in [5, 5.41) is 17.7. The number of nitrogens with zero attached hydrogens (tertiary/aromatic N) is 1. The van der Waals surface area contributed by atoms with Gasteiger partial charge in [0.1, 0.15) is 17.5 Å². The molecule has 0 unspecified atom stereocenters. The Kier molecular flexibility index (Phi) is 4.18. The van der Waals surface area contributed by atoms with Gasteiger partial charge in [-0.25, -0.2) is 8.78 Å². The van der Waals surface area contributed by atoms with Crippen molar-refractivity contribution in [2.45, 2.75) is 9.79 Å². The Morgan fingerprint density at radius 3 is 2.14 bits per heavy atom. The number of nitro benzene ring substituents is 1. The number of benzene rings is 2. The van der Waals surface area contributed by atoms with Crippen molar-refractivity contribution in [1.82, 2.24) is 0 Å². The van der Waals surface area contributed by atoms with Crippen molar-refractivity contribution in [2.24, 2.45) is 5.73 Å². The lowest BCUT2D eigenvalue weighted by atomic mass is 10.2. The Balaban J connectivity index is 2.31. The fourth-order valence-corrected chi connectivity index (χ4v) is 2.39. The molecule has 0 heterocycles. The van der Waals surface area contributed by atoms with E-state index in [0.29, 0.717) is 4.90 Å². The van der Waals surface area contributed by atoms with E-state index in [2.05, 4.69) is 0 Å². The Morgan fingerprint density at radius 1 is 1.19 bits per heavy atom. The van der Waals surface area contributed by atoms with Crippen LogP contribution in [0, 0.1) is 27.2 Å². The van der Waals surface area contributed by atoms with Gasteiger partial charge in [0.05, 0.1) is 9.82 Å². The highest BCUT2D eigenvalue weighted by Gasteiger charge is 2.14. The van der Waals surface area contributed by atoms with Gasteiger partial charge in [0.2, 0.25) is 0 Å². The SMILES string of the molecule is N=C(N)c1cc(F)c(Sc2ccc([N+](=O)[O-])cc2)c(F)c1. The highest BCUT2D eigenvalue weighted by molar-refractivity contribution is 7.99. The van der Waals surface area contributed by atoms with Gasteiger partial charge in [0, 0.05) is 22.6 Å². The Hall–Kier alpha value is -2.48. The van der Waals surface area contributed by atoms with E-state index in [0.717, 1.165) is 23.9 Å². The number of nitrogens with two attached hydrogens (primary N) is 1. The lowest BCUT2D eigenvalue weighted by Crippen LogP contribution is -2.12. The third-order valence-corrected chi connectivity index (χ3v) is 3.68. The molecular formula is C13H9F2N3O2S. The molecule has 0 aromatic heterocycles. The number of nitrogens with one attached hydrogen (secondary N) is 1. The van der Waals surface area contributed by atoms with Gasteiger partial charge in [-0.05, 0) is 24.3 Å². The number of nitro groups is 1. The molecule has 2 aromatic rings. The highest BCUT2D eigenvalue weighted by Crippen LogP contribution is 2.33. The highest BCUT2D eigenvalue weighted by atomic mass is 32.2. The molecule has 0 saturated carbocycles. The molecular weight excluding hydrogens is 300 g/mol. The zero-order valence-electron chi connectivity index (χ0n) is 10.5. The van der Waals surface area contributed by atoms with Crippen LogP contribution in [0.3, 0.4) is 0 Å². The predicted molar refractivity (Wildman–Crippen MR) is 74.6 cm³/mol. The largest absolute Gasteiger partial charge is 0.384 e. The smallest absolute Gasteiger partial charge is 0.269 e.